The van der Waals surface area contributed by atoms with Crippen LogP contribution >= 0.6 is 0 Å². The van der Waals surface area contributed by atoms with E-state index in [1.165, 1.54) is 28.7 Å². The molecule has 2 aliphatic rings. The van der Waals surface area contributed by atoms with Crippen LogP contribution in [-0.4, -0.2) is 120 Å². The molecule has 7 rings (SSSR count). The number of methoxy groups -OCH3 is 1. The topological polar surface area (TPSA) is 290 Å². The molecule has 0 fully saturated rings. The maximum atomic E-state index is 13.2. The van der Waals surface area contributed by atoms with Gasteiger partial charge in [-0.25, -0.2) is 13.4 Å². The zero-order valence-corrected chi connectivity index (χ0v) is 44.4. The number of hydrogen-bond donors (Lipinski definition) is 5. The molecule has 2 aromatic heterocycles. The van der Waals surface area contributed by atoms with E-state index in [0.29, 0.717) is 58.3 Å². The number of amides is 2. The van der Waals surface area contributed by atoms with Crippen molar-refractivity contribution in [2.75, 3.05) is 43.9 Å². The van der Waals surface area contributed by atoms with E-state index in [4.69, 9.17) is 4.74 Å². The summed E-state index contributed by atoms with van der Waals surface area (Å²) in [7, 11) is -11.8. The number of aromatic hydroxyl groups is 1. The number of carbonyl (C=O) groups is 2. The molecule has 20 nitrogen and oxygen atoms in total. The quantitative estimate of drug-likeness (QED) is 0.0233. The maximum Gasteiger partial charge on any atom is 0.294 e. The van der Waals surface area contributed by atoms with E-state index in [9.17, 15) is 53.6 Å². The fourth-order valence-electron chi connectivity index (χ4n) is 9.24. The fourth-order valence-corrected chi connectivity index (χ4v) is 10.8. The summed E-state index contributed by atoms with van der Waals surface area (Å²) >= 11 is 0. The average Bonchev–Trinajstić information content (AvgIpc) is 3.87. The van der Waals surface area contributed by atoms with Gasteiger partial charge in [0.2, 0.25) is 23.4 Å². The lowest BCUT2D eigenvalue weighted by Crippen LogP contribution is -2.36. The number of allylic oxidation sites excluding steroid dienone is 8. The van der Waals surface area contributed by atoms with Crippen LogP contribution in [0.2, 0.25) is 0 Å². The normalized spacial score (nSPS) is 15.9. The van der Waals surface area contributed by atoms with Gasteiger partial charge in [0.15, 0.2) is 11.4 Å². The summed E-state index contributed by atoms with van der Waals surface area (Å²) in [6, 6.07) is 15.9. The molecule has 398 valence electrons. The second kappa shape index (κ2) is 22.4. The zero-order chi connectivity index (χ0) is 54.5. The Hall–Kier alpha value is -7.02. The van der Waals surface area contributed by atoms with E-state index in [-0.39, 0.29) is 72.8 Å². The van der Waals surface area contributed by atoms with E-state index in [2.05, 4.69) is 20.6 Å². The largest absolute Gasteiger partial charge is 0.748 e. The van der Waals surface area contributed by atoms with Crippen LogP contribution in [0.25, 0.3) is 16.9 Å². The maximum absolute atomic E-state index is 13.2. The van der Waals surface area contributed by atoms with Crippen LogP contribution in [0, 0.1) is 0 Å². The summed E-state index contributed by atoms with van der Waals surface area (Å²) in [5.74, 6) is -0.520. The van der Waals surface area contributed by atoms with E-state index in [1.807, 2.05) is 73.6 Å². The predicted octanol–water partition coefficient (Wildman–Crippen LogP) is 5.91. The monoisotopic (exact) mass is 1090 g/mol. The summed E-state index contributed by atoms with van der Waals surface area (Å²) in [4.78, 5) is 36.2. The highest BCUT2D eigenvalue weighted by atomic mass is 32.2. The number of aryl methyl sites for hydroxylation is 1. The highest BCUT2D eigenvalue weighted by Crippen LogP contribution is 2.48. The van der Waals surface area contributed by atoms with Crippen molar-refractivity contribution in [2.45, 2.75) is 80.4 Å². The van der Waals surface area contributed by atoms with Gasteiger partial charge in [0, 0.05) is 97.3 Å². The van der Waals surface area contributed by atoms with Gasteiger partial charge < -0.3 is 29.9 Å². The van der Waals surface area contributed by atoms with Crippen LogP contribution in [0.4, 0.5) is 11.4 Å². The molecule has 2 amide bonds. The minimum Gasteiger partial charge on any atom is -0.748 e. The van der Waals surface area contributed by atoms with Gasteiger partial charge >= 0.3 is 0 Å². The summed E-state index contributed by atoms with van der Waals surface area (Å²) in [5, 5.41) is 16.5. The molecule has 5 aromatic rings. The van der Waals surface area contributed by atoms with Crippen LogP contribution in [-0.2, 0) is 57.2 Å². The second-order valence-electron chi connectivity index (χ2n) is 19.0. The molecular weight excluding hydrogens is 1030 g/mol. The Kier molecular flexibility index (Phi) is 16.7. The third kappa shape index (κ3) is 13.1. The summed E-state index contributed by atoms with van der Waals surface area (Å²) < 4.78 is 110. The number of nitrogens with one attached hydrogen (secondary N) is 2. The zero-order valence-electron chi connectivity index (χ0n) is 41.9. The summed E-state index contributed by atoms with van der Waals surface area (Å²) in [6.45, 7) is 8.41. The van der Waals surface area contributed by atoms with E-state index < -0.39 is 46.9 Å². The molecule has 0 radical (unpaired) electrons. The molecule has 75 heavy (non-hydrogen) atoms. The first-order chi connectivity index (χ1) is 35.3. The molecule has 0 bridgehead atoms. The molecule has 0 saturated carbocycles. The highest BCUT2D eigenvalue weighted by molar-refractivity contribution is 7.86. The molecule has 0 atom stereocenters. The molecule has 3 aromatic carbocycles. The third-order valence-corrected chi connectivity index (χ3v) is 15.6. The Bertz CT molecular complexity index is 3530. The van der Waals surface area contributed by atoms with Crippen molar-refractivity contribution in [3.05, 3.63) is 138 Å². The first kappa shape index (κ1) is 55.7. The second-order valence-corrected chi connectivity index (χ2v) is 23.3. The molecule has 23 heteroatoms. The summed E-state index contributed by atoms with van der Waals surface area (Å²) in [6.07, 6.45) is 16.5. The number of benzene rings is 3. The average molecular weight is 1090 g/mol. The highest BCUT2D eigenvalue weighted by Gasteiger charge is 2.45. The number of ether oxygens (including phenoxy) is 1. The van der Waals surface area contributed by atoms with Crippen LogP contribution in [0.3, 0.4) is 0 Å². The molecule has 4 heterocycles. The number of aromatic nitrogens is 3. The molecule has 2 aliphatic heterocycles. The minimum atomic E-state index is -4.53. The van der Waals surface area contributed by atoms with Gasteiger partial charge in [-0.2, -0.15) is 21.4 Å². The Labute approximate surface area is 436 Å². The van der Waals surface area contributed by atoms with Gasteiger partial charge in [0.05, 0.1) is 44.3 Å². The van der Waals surface area contributed by atoms with Crippen molar-refractivity contribution < 1.29 is 62.9 Å². The van der Waals surface area contributed by atoms with Gasteiger partial charge in [-0.3, -0.25) is 28.1 Å². The Morgan fingerprint density at radius 3 is 2.08 bits per heavy atom. The molecule has 0 unspecified atom stereocenters. The lowest BCUT2D eigenvalue weighted by Gasteiger charge is -2.27. The van der Waals surface area contributed by atoms with Crippen molar-refractivity contribution >= 4 is 64.9 Å². The van der Waals surface area contributed by atoms with Gasteiger partial charge in [-0.1, -0.05) is 44.2 Å². The first-order valence-electron chi connectivity index (χ1n) is 23.9. The number of hydrogen-bond acceptors (Lipinski definition) is 14. The van der Waals surface area contributed by atoms with Crippen LogP contribution in [0.15, 0.2) is 131 Å². The Balaban J connectivity index is 0.972. The number of imidazole rings is 1. The molecule has 0 aliphatic carbocycles. The van der Waals surface area contributed by atoms with Gasteiger partial charge in [0.1, 0.15) is 18.0 Å². The Morgan fingerprint density at radius 2 is 1.43 bits per heavy atom. The van der Waals surface area contributed by atoms with Crippen LogP contribution in [0.1, 0.15) is 70.2 Å². The number of fused-ring (bicyclic) bond motifs is 3. The van der Waals surface area contributed by atoms with Crippen molar-refractivity contribution in [1.29, 1.82) is 0 Å². The summed E-state index contributed by atoms with van der Waals surface area (Å²) in [5.41, 5.74) is 4.74. The lowest BCUT2D eigenvalue weighted by molar-refractivity contribution is -0.438. The number of nitrogens with zero attached hydrogens (tertiary/aromatic N) is 5. The van der Waals surface area contributed by atoms with Gasteiger partial charge in [-0.05, 0) is 86.5 Å². The molecule has 0 saturated heterocycles. The number of unbranched alkanes of at least 4 members (excludes halogenated alkanes) is 1. The van der Waals surface area contributed by atoms with Crippen LogP contribution in [0.5, 0.6) is 11.6 Å². The van der Waals surface area contributed by atoms with Crippen molar-refractivity contribution in [3.63, 3.8) is 0 Å². The van der Waals surface area contributed by atoms with E-state index >= 15 is 0 Å². The SMILES string of the molecule is COc1ccc(-c2cn3c(O)c(CCC(=O)NCCNC(=O)CCN4/C(=C/C=C/C=C/C=C/C5=[N+](CCCCS(=O)(=O)[O-])c6ccc(S(=O)(=O)O)cc6C5(C)C)C(C)(C)c5cc(S(=O)(=O)O)ccc54)nc3cn2)cc1. The smallest absolute Gasteiger partial charge is 0.294 e. The minimum absolute atomic E-state index is 0.0302. The van der Waals surface area contributed by atoms with Crippen molar-refractivity contribution in [3.8, 4) is 22.9 Å². The van der Waals surface area contributed by atoms with Gasteiger partial charge in [0.25, 0.3) is 20.2 Å². The standard InChI is InChI=1S/C52H59N7O13S3/c1-51(2)39-31-37(74(66,67)68)19-22-43(39)57(28-11-12-30-73(63,64)65)45(51)13-9-7-6-8-10-14-46-52(3,4)40-32-38(75(69,70)71)20-23-44(40)58(46)29-25-49(61)54-27-26-53-48(60)24-21-41-50(62)59-34-42(55-33-47(59)56-41)35-15-17-36(72-5)18-16-35/h6-10,13-20,22-23,31-34H,11-12,21,24-30H2,1-5H3,(H5-,53,54,55,60,61,62,63,64,65,66,67,68,69,70,71). The first-order valence-corrected chi connectivity index (χ1v) is 28.3. The van der Waals surface area contributed by atoms with E-state index in [1.54, 1.807) is 62.0 Å². The Morgan fingerprint density at radius 1 is 0.800 bits per heavy atom. The van der Waals surface area contributed by atoms with Gasteiger partial charge in [-0.15, -0.1) is 0 Å². The predicted molar refractivity (Wildman–Crippen MR) is 281 cm³/mol. The van der Waals surface area contributed by atoms with E-state index in [0.717, 1.165) is 17.0 Å². The molecular formula is C52H59N7O13S3. The molecule has 5 N–H and O–H groups in total. The van der Waals surface area contributed by atoms with Crippen molar-refractivity contribution in [1.82, 2.24) is 25.0 Å². The number of anilines is 1. The fraction of sp³-hybridized carbons (Fsp3) is 0.327. The number of rotatable bonds is 22. The van der Waals surface area contributed by atoms with Crippen LogP contribution < -0.4 is 20.3 Å². The molecule has 0 spiro atoms. The third-order valence-electron chi connectivity index (χ3n) is 13.2. The number of carbonyl (C=O) groups excluding carboxylic acids is 2. The lowest BCUT2D eigenvalue weighted by atomic mass is 9.81. The van der Waals surface area contributed by atoms with Crippen molar-refractivity contribution in [2.24, 2.45) is 0 Å².